The highest BCUT2D eigenvalue weighted by Gasteiger charge is 2.16. The third-order valence-corrected chi connectivity index (χ3v) is 2.22. The topological polar surface area (TPSA) is 50.2 Å². The molecule has 0 aliphatic heterocycles. The molecule has 16 heavy (non-hydrogen) atoms. The molecule has 5 heteroatoms. The molecular weight excluding hydrogens is 216 g/mol. The minimum Gasteiger partial charge on any atom is -0.481 e. The summed E-state index contributed by atoms with van der Waals surface area (Å²) in [5, 5.41) is 8.66. The summed E-state index contributed by atoms with van der Waals surface area (Å²) in [6.07, 6.45) is 0.737. The number of carboxylic acid groups (broad SMARTS) is 1. The Morgan fingerprint density at radius 3 is 2.88 bits per heavy atom. The molecule has 0 aliphatic rings. The van der Waals surface area contributed by atoms with Crippen LogP contribution in [0.4, 0.5) is 8.78 Å². The van der Waals surface area contributed by atoms with E-state index in [4.69, 9.17) is 5.11 Å². The Balaban J connectivity index is 2.70. The Morgan fingerprint density at radius 2 is 2.19 bits per heavy atom. The zero-order valence-corrected chi connectivity index (χ0v) is 8.08. The van der Waals surface area contributed by atoms with E-state index in [2.05, 4.69) is 4.98 Å². The van der Waals surface area contributed by atoms with Crippen molar-refractivity contribution in [1.82, 2.24) is 4.98 Å². The lowest BCUT2D eigenvalue weighted by atomic mass is 10.1. The van der Waals surface area contributed by atoms with E-state index in [0.29, 0.717) is 0 Å². The van der Waals surface area contributed by atoms with E-state index in [0.717, 1.165) is 6.07 Å². The molecule has 1 aromatic heterocycles. The highest BCUT2D eigenvalue weighted by molar-refractivity contribution is 5.81. The van der Waals surface area contributed by atoms with Crippen LogP contribution in [0.5, 0.6) is 0 Å². The van der Waals surface area contributed by atoms with E-state index in [-0.39, 0.29) is 10.9 Å². The fourth-order valence-corrected chi connectivity index (χ4v) is 1.51. The lowest BCUT2D eigenvalue weighted by Gasteiger charge is -2.05. The van der Waals surface area contributed by atoms with Crippen LogP contribution >= 0.6 is 0 Å². The number of hydrogen-bond donors (Lipinski definition) is 1. The van der Waals surface area contributed by atoms with E-state index in [1.165, 1.54) is 18.3 Å². The molecule has 82 valence electrons. The van der Waals surface area contributed by atoms with Crippen LogP contribution in [0.25, 0.3) is 10.9 Å². The van der Waals surface area contributed by atoms with Crippen LogP contribution < -0.4 is 0 Å². The van der Waals surface area contributed by atoms with Crippen molar-refractivity contribution in [2.24, 2.45) is 0 Å². The molecule has 0 amide bonds. The maximum atomic E-state index is 13.7. The lowest BCUT2D eigenvalue weighted by molar-refractivity contribution is -0.136. The highest BCUT2D eigenvalue weighted by Crippen LogP contribution is 2.22. The number of carboxylic acids is 1. The number of benzene rings is 1. The first kappa shape index (κ1) is 10.5. The molecule has 2 rings (SSSR count). The number of aromatic nitrogens is 1. The van der Waals surface area contributed by atoms with E-state index < -0.39 is 29.6 Å². The van der Waals surface area contributed by atoms with Crippen molar-refractivity contribution >= 4 is 16.9 Å². The molecule has 0 bridgehead atoms. The van der Waals surface area contributed by atoms with Gasteiger partial charge in [-0.25, -0.2) is 8.78 Å². The summed E-state index contributed by atoms with van der Waals surface area (Å²) in [5.74, 6) is -3.02. The van der Waals surface area contributed by atoms with Crippen LogP contribution in [-0.4, -0.2) is 16.1 Å². The van der Waals surface area contributed by atoms with Gasteiger partial charge in [0.2, 0.25) is 0 Å². The van der Waals surface area contributed by atoms with Crippen molar-refractivity contribution in [1.29, 1.82) is 0 Å². The molecule has 1 heterocycles. The number of carbonyl (C=O) groups is 1. The molecule has 1 N–H and O–H groups in total. The maximum absolute atomic E-state index is 13.7. The monoisotopic (exact) mass is 223 g/mol. The maximum Gasteiger partial charge on any atom is 0.308 e. The first-order valence-electron chi connectivity index (χ1n) is 4.53. The van der Waals surface area contributed by atoms with E-state index in [1.54, 1.807) is 0 Å². The molecule has 0 saturated heterocycles. The minimum absolute atomic E-state index is 0.125. The van der Waals surface area contributed by atoms with Gasteiger partial charge in [-0.05, 0) is 12.1 Å². The van der Waals surface area contributed by atoms with Crippen molar-refractivity contribution in [2.75, 3.05) is 0 Å². The van der Waals surface area contributed by atoms with Crippen LogP contribution in [0.3, 0.4) is 0 Å². The predicted octanol–water partition coefficient (Wildman–Crippen LogP) is 2.14. The van der Waals surface area contributed by atoms with Crippen LogP contribution in [-0.2, 0) is 11.2 Å². The average Bonchev–Trinajstić information content (AvgIpc) is 2.24. The number of aliphatic carboxylic acids is 1. The van der Waals surface area contributed by atoms with Gasteiger partial charge in [0.15, 0.2) is 0 Å². The minimum atomic E-state index is -1.28. The molecular formula is C11H7F2NO2. The number of pyridine rings is 1. The molecule has 1 aromatic carbocycles. The largest absolute Gasteiger partial charge is 0.481 e. The van der Waals surface area contributed by atoms with Gasteiger partial charge < -0.3 is 5.11 Å². The van der Waals surface area contributed by atoms with Crippen LogP contribution in [0.15, 0.2) is 24.4 Å². The summed E-state index contributed by atoms with van der Waals surface area (Å²) >= 11 is 0. The molecule has 0 radical (unpaired) electrons. The molecule has 0 atom stereocenters. The average molecular weight is 223 g/mol. The number of nitrogens with zero attached hydrogens (tertiary/aromatic N) is 1. The standard InChI is InChI=1S/C11H7F2NO2/c12-8-5-9-6(2-1-3-14-9)11(13)7(8)4-10(15)16/h1-3,5H,4H2,(H,15,16). The zero-order valence-electron chi connectivity index (χ0n) is 8.08. The summed E-state index contributed by atoms with van der Waals surface area (Å²) in [7, 11) is 0. The Morgan fingerprint density at radius 1 is 1.44 bits per heavy atom. The van der Waals surface area contributed by atoms with Gasteiger partial charge in [0, 0.05) is 23.2 Å². The number of hydrogen-bond acceptors (Lipinski definition) is 2. The van der Waals surface area contributed by atoms with Gasteiger partial charge in [-0.1, -0.05) is 0 Å². The first-order valence-corrected chi connectivity index (χ1v) is 4.53. The number of rotatable bonds is 2. The second kappa shape index (κ2) is 3.84. The quantitative estimate of drug-likeness (QED) is 0.848. The van der Waals surface area contributed by atoms with Crippen molar-refractivity contribution in [3.8, 4) is 0 Å². The van der Waals surface area contributed by atoms with E-state index in [1.807, 2.05) is 0 Å². The smallest absolute Gasteiger partial charge is 0.308 e. The number of halogens is 2. The van der Waals surface area contributed by atoms with Crippen LogP contribution in [0, 0.1) is 11.6 Å². The highest BCUT2D eigenvalue weighted by atomic mass is 19.1. The van der Waals surface area contributed by atoms with Gasteiger partial charge >= 0.3 is 5.97 Å². The molecule has 0 fully saturated rings. The summed E-state index contributed by atoms with van der Waals surface area (Å²) in [6, 6.07) is 3.98. The normalized spacial score (nSPS) is 10.6. The first-order chi connectivity index (χ1) is 7.59. The third kappa shape index (κ3) is 1.71. The summed E-state index contributed by atoms with van der Waals surface area (Å²) < 4.78 is 27.1. The van der Waals surface area contributed by atoms with Crippen molar-refractivity contribution in [2.45, 2.75) is 6.42 Å². The van der Waals surface area contributed by atoms with Gasteiger partial charge in [0.25, 0.3) is 0 Å². The summed E-state index contributed by atoms with van der Waals surface area (Å²) in [5.41, 5.74) is -0.264. The fourth-order valence-electron chi connectivity index (χ4n) is 1.51. The van der Waals surface area contributed by atoms with E-state index >= 15 is 0 Å². The lowest BCUT2D eigenvalue weighted by Crippen LogP contribution is -2.06. The Kier molecular flexibility index (Phi) is 2.52. The number of fused-ring (bicyclic) bond motifs is 1. The molecule has 0 aliphatic carbocycles. The van der Waals surface area contributed by atoms with Gasteiger partial charge in [-0.3, -0.25) is 9.78 Å². The molecule has 3 nitrogen and oxygen atoms in total. The second-order valence-electron chi connectivity index (χ2n) is 3.29. The summed E-state index contributed by atoms with van der Waals surface area (Å²) in [6.45, 7) is 0. The Labute approximate surface area is 89.3 Å². The van der Waals surface area contributed by atoms with E-state index in [9.17, 15) is 13.6 Å². The second-order valence-corrected chi connectivity index (χ2v) is 3.29. The SMILES string of the molecule is O=C(O)Cc1c(F)cc2ncccc2c1F. The van der Waals surface area contributed by atoms with Crippen LogP contribution in [0.1, 0.15) is 5.56 Å². The van der Waals surface area contributed by atoms with Crippen molar-refractivity contribution < 1.29 is 18.7 Å². The van der Waals surface area contributed by atoms with Gasteiger partial charge in [0.1, 0.15) is 11.6 Å². The third-order valence-electron chi connectivity index (χ3n) is 2.22. The predicted molar refractivity (Wildman–Crippen MR) is 53.0 cm³/mol. The van der Waals surface area contributed by atoms with Gasteiger partial charge in [-0.2, -0.15) is 0 Å². The summed E-state index contributed by atoms with van der Waals surface area (Å²) in [4.78, 5) is 14.3. The van der Waals surface area contributed by atoms with Crippen molar-refractivity contribution in [3.05, 3.63) is 41.6 Å². The fraction of sp³-hybridized carbons (Fsp3) is 0.0909. The van der Waals surface area contributed by atoms with Crippen molar-refractivity contribution in [3.63, 3.8) is 0 Å². The Hall–Kier alpha value is -2.04. The molecule has 0 unspecified atom stereocenters. The van der Waals surface area contributed by atoms with Crippen LogP contribution in [0.2, 0.25) is 0 Å². The molecule has 2 aromatic rings. The zero-order chi connectivity index (χ0) is 11.7. The Bertz CT molecular complexity index is 569. The molecule has 0 spiro atoms. The van der Waals surface area contributed by atoms with Gasteiger partial charge in [0.05, 0.1) is 11.9 Å². The van der Waals surface area contributed by atoms with Gasteiger partial charge in [-0.15, -0.1) is 0 Å². The molecule has 0 saturated carbocycles.